The molecule has 0 aromatic rings. The molecule has 0 fully saturated rings. The van der Waals surface area contributed by atoms with Gasteiger partial charge in [0.25, 0.3) is 0 Å². The van der Waals surface area contributed by atoms with Gasteiger partial charge in [0.1, 0.15) is 0 Å². The molecule has 0 aromatic heterocycles. The van der Waals surface area contributed by atoms with Crippen LogP contribution in [0, 0.1) is 5.92 Å². The van der Waals surface area contributed by atoms with Crippen LogP contribution in [-0.4, -0.2) is 34.7 Å². The minimum Gasteiger partial charge on any atom is -0.466 e. The van der Waals surface area contributed by atoms with E-state index in [9.17, 15) is 14.7 Å². The Kier molecular flexibility index (Phi) is 12.8. The molecule has 0 saturated carbocycles. The van der Waals surface area contributed by atoms with E-state index in [1.54, 1.807) is 6.92 Å². The van der Waals surface area contributed by atoms with E-state index in [1.165, 1.54) is 11.8 Å². The molecule has 0 aliphatic heterocycles. The van der Waals surface area contributed by atoms with Crippen molar-refractivity contribution >= 4 is 22.8 Å². The summed E-state index contributed by atoms with van der Waals surface area (Å²) < 4.78 is 4.89. The molecular formula is C16H30O4S. The van der Waals surface area contributed by atoms with Crippen LogP contribution in [0.1, 0.15) is 65.7 Å². The van der Waals surface area contributed by atoms with Crippen LogP contribution in [0.4, 0.5) is 0 Å². The topological polar surface area (TPSA) is 63.6 Å². The second-order valence-corrected chi connectivity index (χ2v) is 6.39. The van der Waals surface area contributed by atoms with Gasteiger partial charge in [-0.15, -0.1) is 0 Å². The van der Waals surface area contributed by atoms with Gasteiger partial charge in [-0.1, -0.05) is 51.3 Å². The van der Waals surface area contributed by atoms with Crippen molar-refractivity contribution in [2.24, 2.45) is 5.92 Å². The largest absolute Gasteiger partial charge is 0.466 e. The second kappa shape index (κ2) is 13.1. The van der Waals surface area contributed by atoms with Crippen LogP contribution in [0.25, 0.3) is 0 Å². The lowest BCUT2D eigenvalue weighted by molar-refractivity contribution is -0.143. The van der Waals surface area contributed by atoms with E-state index < -0.39 is 12.0 Å². The van der Waals surface area contributed by atoms with Crippen molar-refractivity contribution in [1.82, 2.24) is 0 Å². The molecule has 0 radical (unpaired) electrons. The van der Waals surface area contributed by atoms with Crippen molar-refractivity contribution in [3.05, 3.63) is 0 Å². The summed E-state index contributed by atoms with van der Waals surface area (Å²) in [5, 5.41) is 10.3. The third kappa shape index (κ3) is 9.91. The number of aliphatic hydroxyl groups excluding tert-OH is 1. The minimum atomic E-state index is -0.650. The van der Waals surface area contributed by atoms with Gasteiger partial charge in [-0.05, 0) is 25.5 Å². The molecule has 0 aliphatic rings. The van der Waals surface area contributed by atoms with E-state index in [-0.39, 0.29) is 17.5 Å². The molecule has 0 spiro atoms. The fourth-order valence-electron chi connectivity index (χ4n) is 2.20. The summed E-state index contributed by atoms with van der Waals surface area (Å²) in [5.41, 5.74) is 0. The van der Waals surface area contributed by atoms with Crippen molar-refractivity contribution < 1.29 is 19.4 Å². The molecule has 21 heavy (non-hydrogen) atoms. The molecule has 0 aromatic carbocycles. The number of hydrogen-bond donors (Lipinski definition) is 1. The first-order valence-corrected chi connectivity index (χ1v) is 9.05. The van der Waals surface area contributed by atoms with Gasteiger partial charge in [-0.3, -0.25) is 9.59 Å². The molecule has 0 aliphatic carbocycles. The molecule has 4 nitrogen and oxygen atoms in total. The number of thioether (sulfide) groups is 1. The SMILES string of the molecule is CCCCCC[C@H](O)[C@@H](CCC(=O)OCC)C(=O)SCC. The highest BCUT2D eigenvalue weighted by molar-refractivity contribution is 8.13. The van der Waals surface area contributed by atoms with Crippen LogP contribution in [0.15, 0.2) is 0 Å². The third-order valence-corrected chi connectivity index (χ3v) is 4.25. The molecule has 124 valence electrons. The fourth-order valence-corrected chi connectivity index (χ4v) is 2.98. The highest BCUT2D eigenvalue weighted by atomic mass is 32.2. The standard InChI is InChI=1S/C16H30O4S/c1-4-7-8-9-10-14(17)13(16(19)21-6-3)11-12-15(18)20-5-2/h13-14,17H,4-12H2,1-3H3/t13-,14+/m1/s1. The first-order chi connectivity index (χ1) is 10.1. The van der Waals surface area contributed by atoms with Crippen LogP contribution < -0.4 is 0 Å². The van der Waals surface area contributed by atoms with Crippen LogP contribution in [0.2, 0.25) is 0 Å². The van der Waals surface area contributed by atoms with Gasteiger partial charge < -0.3 is 9.84 Å². The zero-order chi connectivity index (χ0) is 16.1. The first-order valence-electron chi connectivity index (χ1n) is 8.07. The summed E-state index contributed by atoms with van der Waals surface area (Å²) in [4.78, 5) is 23.5. The lowest BCUT2D eigenvalue weighted by Crippen LogP contribution is -2.28. The van der Waals surface area contributed by atoms with Crippen LogP contribution in [0.5, 0.6) is 0 Å². The number of ether oxygens (including phenoxy) is 1. The Bertz CT molecular complexity index is 294. The van der Waals surface area contributed by atoms with E-state index in [2.05, 4.69) is 6.92 Å². The maximum absolute atomic E-state index is 12.1. The number of rotatable bonds is 12. The van der Waals surface area contributed by atoms with Gasteiger partial charge in [0.05, 0.1) is 18.6 Å². The summed E-state index contributed by atoms with van der Waals surface area (Å²) in [6.07, 6.45) is 4.85. The summed E-state index contributed by atoms with van der Waals surface area (Å²) in [6.45, 7) is 6.16. The molecule has 2 atom stereocenters. The second-order valence-electron chi connectivity index (χ2n) is 5.12. The monoisotopic (exact) mass is 318 g/mol. The molecule has 0 heterocycles. The number of carbonyl (C=O) groups is 2. The number of esters is 1. The molecule has 0 unspecified atom stereocenters. The van der Waals surface area contributed by atoms with Crippen molar-refractivity contribution in [3.8, 4) is 0 Å². The van der Waals surface area contributed by atoms with Crippen molar-refractivity contribution in [1.29, 1.82) is 0 Å². The molecule has 0 amide bonds. The Balaban J connectivity index is 4.36. The molecule has 0 bridgehead atoms. The van der Waals surface area contributed by atoms with Gasteiger partial charge in [-0.2, -0.15) is 0 Å². The average Bonchev–Trinajstić information content (AvgIpc) is 2.44. The summed E-state index contributed by atoms with van der Waals surface area (Å²) in [5.74, 6) is -0.0620. The zero-order valence-electron chi connectivity index (χ0n) is 13.6. The van der Waals surface area contributed by atoms with E-state index in [0.29, 0.717) is 25.2 Å². The maximum atomic E-state index is 12.1. The normalized spacial score (nSPS) is 13.7. The van der Waals surface area contributed by atoms with Crippen molar-refractivity contribution in [2.75, 3.05) is 12.4 Å². The summed E-state index contributed by atoms with van der Waals surface area (Å²) in [6, 6.07) is 0. The van der Waals surface area contributed by atoms with E-state index in [1.807, 2.05) is 6.92 Å². The number of unbranched alkanes of at least 4 members (excludes halogenated alkanes) is 3. The van der Waals surface area contributed by atoms with Gasteiger partial charge in [-0.25, -0.2) is 0 Å². The van der Waals surface area contributed by atoms with E-state index in [4.69, 9.17) is 4.74 Å². The Hall–Kier alpha value is -0.550. The minimum absolute atomic E-state index is 0.00945. The van der Waals surface area contributed by atoms with Crippen LogP contribution >= 0.6 is 11.8 Å². The van der Waals surface area contributed by atoms with Crippen LogP contribution in [-0.2, 0) is 14.3 Å². The molecular weight excluding hydrogens is 288 g/mol. The van der Waals surface area contributed by atoms with Crippen LogP contribution in [0.3, 0.4) is 0 Å². The Morgan fingerprint density at radius 2 is 1.81 bits per heavy atom. The number of hydrogen-bond acceptors (Lipinski definition) is 5. The van der Waals surface area contributed by atoms with Gasteiger partial charge >= 0.3 is 5.97 Å². The molecule has 1 N–H and O–H groups in total. The smallest absolute Gasteiger partial charge is 0.305 e. The fraction of sp³-hybridized carbons (Fsp3) is 0.875. The number of carbonyl (C=O) groups excluding carboxylic acids is 2. The lowest BCUT2D eigenvalue weighted by atomic mass is 9.94. The summed E-state index contributed by atoms with van der Waals surface area (Å²) >= 11 is 1.23. The van der Waals surface area contributed by atoms with Gasteiger partial charge in [0.15, 0.2) is 5.12 Å². The molecule has 0 rings (SSSR count). The predicted octanol–water partition coefficient (Wildman–Crippen LogP) is 3.56. The highest BCUT2D eigenvalue weighted by Gasteiger charge is 2.27. The first kappa shape index (κ1) is 20.5. The summed E-state index contributed by atoms with van der Waals surface area (Å²) in [7, 11) is 0. The molecule has 0 saturated heterocycles. The van der Waals surface area contributed by atoms with Crippen molar-refractivity contribution in [3.63, 3.8) is 0 Å². The predicted molar refractivity (Wildman–Crippen MR) is 87.3 cm³/mol. The zero-order valence-corrected chi connectivity index (χ0v) is 14.4. The maximum Gasteiger partial charge on any atom is 0.305 e. The third-order valence-electron chi connectivity index (χ3n) is 3.37. The quantitative estimate of drug-likeness (QED) is 0.440. The molecule has 5 heteroatoms. The van der Waals surface area contributed by atoms with Gasteiger partial charge in [0.2, 0.25) is 0 Å². The van der Waals surface area contributed by atoms with E-state index in [0.717, 1.165) is 25.7 Å². The Morgan fingerprint density at radius 3 is 2.38 bits per heavy atom. The average molecular weight is 318 g/mol. The van der Waals surface area contributed by atoms with Gasteiger partial charge in [0, 0.05) is 6.42 Å². The lowest BCUT2D eigenvalue weighted by Gasteiger charge is -2.21. The number of aliphatic hydroxyl groups is 1. The van der Waals surface area contributed by atoms with E-state index >= 15 is 0 Å². The highest BCUT2D eigenvalue weighted by Crippen LogP contribution is 2.23. The van der Waals surface area contributed by atoms with Crippen molar-refractivity contribution in [2.45, 2.75) is 71.8 Å². The Morgan fingerprint density at radius 1 is 1.10 bits per heavy atom. The Labute approximate surface area is 133 Å².